The fourth-order valence-corrected chi connectivity index (χ4v) is 3.05. The SMILES string of the molecule is COc1cc(C(=O)N/N=C\c2cc(OC)c(OC(C)=O)cc2Br)ccc1I. The highest BCUT2D eigenvalue weighted by Gasteiger charge is 2.12. The van der Waals surface area contributed by atoms with E-state index in [2.05, 4.69) is 49.0 Å². The van der Waals surface area contributed by atoms with Crippen molar-refractivity contribution in [2.75, 3.05) is 14.2 Å². The lowest BCUT2D eigenvalue weighted by molar-refractivity contribution is -0.132. The number of hydrogen-bond donors (Lipinski definition) is 1. The second-order valence-electron chi connectivity index (χ2n) is 5.17. The molecule has 0 aliphatic heterocycles. The van der Waals surface area contributed by atoms with Crippen molar-refractivity contribution < 1.29 is 23.8 Å². The third-order valence-corrected chi connectivity index (χ3v) is 4.90. The molecule has 0 saturated carbocycles. The van der Waals surface area contributed by atoms with Gasteiger partial charge in [0.25, 0.3) is 5.91 Å². The van der Waals surface area contributed by atoms with Crippen molar-refractivity contribution in [1.82, 2.24) is 5.43 Å². The Morgan fingerprint density at radius 1 is 1.11 bits per heavy atom. The maximum Gasteiger partial charge on any atom is 0.308 e. The number of benzene rings is 2. The van der Waals surface area contributed by atoms with Crippen molar-refractivity contribution >= 4 is 56.6 Å². The molecule has 0 atom stereocenters. The molecule has 7 nitrogen and oxygen atoms in total. The molecule has 0 spiro atoms. The lowest BCUT2D eigenvalue weighted by atomic mass is 10.2. The van der Waals surface area contributed by atoms with Crippen LogP contribution in [0.2, 0.25) is 0 Å². The number of carbonyl (C=O) groups excluding carboxylic acids is 2. The number of amides is 1. The number of hydrogen-bond acceptors (Lipinski definition) is 6. The summed E-state index contributed by atoms with van der Waals surface area (Å²) in [6.45, 7) is 1.30. The topological polar surface area (TPSA) is 86.2 Å². The van der Waals surface area contributed by atoms with Gasteiger partial charge in [-0.15, -0.1) is 0 Å². The number of nitrogens with one attached hydrogen (secondary N) is 1. The first-order valence-corrected chi connectivity index (χ1v) is 9.45. The van der Waals surface area contributed by atoms with Crippen LogP contribution >= 0.6 is 38.5 Å². The summed E-state index contributed by atoms with van der Waals surface area (Å²) in [5.74, 6) is 0.427. The lowest BCUT2D eigenvalue weighted by Gasteiger charge is -2.10. The number of esters is 1. The van der Waals surface area contributed by atoms with Crippen LogP contribution < -0.4 is 19.6 Å². The predicted molar refractivity (Wildman–Crippen MR) is 113 cm³/mol. The van der Waals surface area contributed by atoms with E-state index in [-0.39, 0.29) is 11.7 Å². The first-order chi connectivity index (χ1) is 12.8. The van der Waals surface area contributed by atoms with Crippen LogP contribution in [0.15, 0.2) is 39.9 Å². The third kappa shape index (κ3) is 5.67. The van der Waals surface area contributed by atoms with E-state index >= 15 is 0 Å². The van der Waals surface area contributed by atoms with Gasteiger partial charge in [0.15, 0.2) is 11.5 Å². The van der Waals surface area contributed by atoms with Crippen LogP contribution in [-0.4, -0.2) is 32.3 Å². The van der Waals surface area contributed by atoms with Gasteiger partial charge in [-0.25, -0.2) is 5.43 Å². The Morgan fingerprint density at radius 3 is 2.44 bits per heavy atom. The maximum atomic E-state index is 12.2. The molecule has 0 aromatic heterocycles. The summed E-state index contributed by atoms with van der Waals surface area (Å²) in [6, 6.07) is 8.33. The number of hydrazone groups is 1. The van der Waals surface area contributed by atoms with Crippen LogP contribution in [0.5, 0.6) is 17.2 Å². The van der Waals surface area contributed by atoms with Gasteiger partial charge in [-0.05, 0) is 68.9 Å². The monoisotopic (exact) mass is 546 g/mol. The zero-order valence-corrected chi connectivity index (χ0v) is 18.5. The van der Waals surface area contributed by atoms with Crippen molar-refractivity contribution in [2.45, 2.75) is 6.92 Å². The fraction of sp³-hybridized carbons (Fsp3) is 0.167. The lowest BCUT2D eigenvalue weighted by Crippen LogP contribution is -2.17. The van der Waals surface area contributed by atoms with Gasteiger partial charge >= 0.3 is 5.97 Å². The molecule has 0 unspecified atom stereocenters. The summed E-state index contributed by atoms with van der Waals surface area (Å²) in [5.41, 5.74) is 3.51. The highest BCUT2D eigenvalue weighted by molar-refractivity contribution is 14.1. The standard InChI is InChI=1S/C18H16BrIN2O5/c1-10(23)27-17-8-13(19)12(7-16(17)26-3)9-21-22-18(24)11-4-5-14(20)15(6-11)25-2/h4-9H,1-3H3,(H,22,24)/b21-9-. The normalized spacial score (nSPS) is 10.6. The largest absolute Gasteiger partial charge is 0.496 e. The van der Waals surface area contributed by atoms with Crippen LogP contribution in [0, 0.1) is 3.57 Å². The second kappa shape index (κ2) is 9.70. The quantitative estimate of drug-likeness (QED) is 0.196. The van der Waals surface area contributed by atoms with Crippen molar-refractivity contribution in [3.05, 3.63) is 49.5 Å². The zero-order chi connectivity index (χ0) is 20.0. The summed E-state index contributed by atoms with van der Waals surface area (Å²) < 4.78 is 17.0. The van der Waals surface area contributed by atoms with E-state index < -0.39 is 5.97 Å². The number of methoxy groups -OCH3 is 2. The Bertz CT molecular complexity index is 902. The predicted octanol–water partition coefficient (Wildman–Crippen LogP) is 3.76. The van der Waals surface area contributed by atoms with E-state index in [0.717, 1.165) is 3.57 Å². The summed E-state index contributed by atoms with van der Waals surface area (Å²) in [7, 11) is 3.00. The van der Waals surface area contributed by atoms with Crippen LogP contribution in [0.4, 0.5) is 0 Å². The molecule has 0 aliphatic rings. The maximum absolute atomic E-state index is 12.2. The molecular weight excluding hydrogens is 531 g/mol. The number of rotatable bonds is 6. The molecule has 0 aliphatic carbocycles. The van der Waals surface area contributed by atoms with E-state index in [0.29, 0.717) is 27.1 Å². The number of ether oxygens (including phenoxy) is 3. The van der Waals surface area contributed by atoms with E-state index in [1.165, 1.54) is 20.2 Å². The van der Waals surface area contributed by atoms with E-state index in [9.17, 15) is 9.59 Å². The van der Waals surface area contributed by atoms with Crippen molar-refractivity contribution in [2.24, 2.45) is 5.10 Å². The highest BCUT2D eigenvalue weighted by atomic mass is 127. The smallest absolute Gasteiger partial charge is 0.308 e. The molecule has 9 heteroatoms. The second-order valence-corrected chi connectivity index (χ2v) is 7.18. The fourth-order valence-electron chi connectivity index (χ4n) is 2.07. The van der Waals surface area contributed by atoms with Crippen LogP contribution in [0.25, 0.3) is 0 Å². The van der Waals surface area contributed by atoms with Crippen molar-refractivity contribution in [1.29, 1.82) is 0 Å². The molecule has 27 heavy (non-hydrogen) atoms. The van der Waals surface area contributed by atoms with Gasteiger partial charge in [-0.2, -0.15) is 5.10 Å². The molecule has 2 aromatic rings. The molecule has 1 N–H and O–H groups in total. The minimum atomic E-state index is -0.457. The number of halogens is 2. The van der Waals surface area contributed by atoms with E-state index in [1.54, 1.807) is 37.4 Å². The van der Waals surface area contributed by atoms with Gasteiger partial charge in [0.1, 0.15) is 5.75 Å². The van der Waals surface area contributed by atoms with Crippen molar-refractivity contribution in [3.8, 4) is 17.2 Å². The van der Waals surface area contributed by atoms with E-state index in [1.807, 2.05) is 0 Å². The van der Waals surface area contributed by atoms with Gasteiger partial charge in [0.05, 0.1) is 24.0 Å². The molecule has 142 valence electrons. The van der Waals surface area contributed by atoms with Crippen LogP contribution in [-0.2, 0) is 4.79 Å². The summed E-state index contributed by atoms with van der Waals surface area (Å²) in [5, 5.41) is 3.96. The molecule has 0 saturated heterocycles. The van der Waals surface area contributed by atoms with Gasteiger partial charge in [-0.1, -0.05) is 0 Å². The molecule has 0 radical (unpaired) electrons. The Kier molecular flexibility index (Phi) is 7.60. The molecular formula is C18H16BrIN2O5. The van der Waals surface area contributed by atoms with Gasteiger partial charge in [-0.3, -0.25) is 9.59 Å². The number of carbonyl (C=O) groups is 2. The molecule has 2 rings (SSSR count). The molecule has 0 fully saturated rings. The Hall–Kier alpha value is -2.14. The summed E-state index contributed by atoms with van der Waals surface area (Å²) in [6.07, 6.45) is 1.45. The molecule has 1 amide bonds. The Morgan fingerprint density at radius 2 is 1.81 bits per heavy atom. The molecule has 0 bridgehead atoms. The van der Waals surface area contributed by atoms with Gasteiger partial charge < -0.3 is 14.2 Å². The minimum absolute atomic E-state index is 0.282. The van der Waals surface area contributed by atoms with Crippen LogP contribution in [0.1, 0.15) is 22.8 Å². The zero-order valence-electron chi connectivity index (χ0n) is 14.7. The van der Waals surface area contributed by atoms with Gasteiger partial charge in [0.2, 0.25) is 0 Å². The average molecular weight is 547 g/mol. The average Bonchev–Trinajstić information content (AvgIpc) is 2.63. The van der Waals surface area contributed by atoms with Crippen LogP contribution in [0.3, 0.4) is 0 Å². The summed E-state index contributed by atoms with van der Waals surface area (Å²) in [4.78, 5) is 23.4. The minimum Gasteiger partial charge on any atom is -0.496 e. The summed E-state index contributed by atoms with van der Waals surface area (Å²) >= 11 is 5.49. The van der Waals surface area contributed by atoms with E-state index in [4.69, 9.17) is 14.2 Å². The molecule has 2 aromatic carbocycles. The van der Waals surface area contributed by atoms with Gasteiger partial charge in [0, 0.05) is 22.5 Å². The highest BCUT2D eigenvalue weighted by Crippen LogP contribution is 2.33. The first-order valence-electron chi connectivity index (χ1n) is 7.58. The Labute approximate surface area is 178 Å². The molecule has 0 heterocycles. The number of nitrogens with zero attached hydrogens (tertiary/aromatic N) is 1. The third-order valence-electron chi connectivity index (χ3n) is 3.32. The first kappa shape index (κ1) is 21.2. The Balaban J connectivity index is 2.15. The van der Waals surface area contributed by atoms with Crippen molar-refractivity contribution in [3.63, 3.8) is 0 Å².